The van der Waals surface area contributed by atoms with E-state index in [4.69, 9.17) is 17.2 Å². The van der Waals surface area contributed by atoms with Gasteiger partial charge in [-0.25, -0.2) is 4.98 Å². The van der Waals surface area contributed by atoms with Gasteiger partial charge in [-0.15, -0.1) is 0 Å². The Labute approximate surface area is 194 Å². The molecule has 0 spiro atoms. The normalized spacial score (nSPS) is 15.4. The Balaban J connectivity index is 1.83. The molecule has 0 bridgehead atoms. The molecule has 1 fully saturated rings. The number of pyridine rings is 1. The molecule has 31 heavy (non-hydrogen) atoms. The molecule has 3 heterocycles. The van der Waals surface area contributed by atoms with Crippen LogP contribution in [0.25, 0.3) is 11.7 Å². The standard InChI is InChI=1S/C23H21N3O2S3/c1-3-4-12-25-22(28)18(31-23(25)29)13-17-20(30-16-8-6-5-7-9-16)24-19-11-10-15(2)14-26(19)21(17)27/h5-11,13-14H,3-4,12H2,1-2H3. The second-order valence-electron chi connectivity index (χ2n) is 7.17. The first-order chi connectivity index (χ1) is 15.0. The number of carbonyl (C=O) groups is 1. The summed E-state index contributed by atoms with van der Waals surface area (Å²) >= 11 is 8.07. The van der Waals surface area contributed by atoms with Gasteiger partial charge in [-0.1, -0.05) is 73.4 Å². The van der Waals surface area contributed by atoms with Gasteiger partial charge in [-0.3, -0.25) is 18.9 Å². The van der Waals surface area contributed by atoms with E-state index >= 15 is 0 Å². The highest BCUT2D eigenvalue weighted by Gasteiger charge is 2.32. The first kappa shape index (κ1) is 21.8. The zero-order chi connectivity index (χ0) is 22.0. The number of hydrogen-bond donors (Lipinski definition) is 0. The summed E-state index contributed by atoms with van der Waals surface area (Å²) in [4.78, 5) is 34.1. The fourth-order valence-electron chi connectivity index (χ4n) is 3.18. The van der Waals surface area contributed by atoms with E-state index in [2.05, 4.69) is 6.92 Å². The van der Waals surface area contributed by atoms with Crippen molar-refractivity contribution in [1.82, 2.24) is 14.3 Å². The van der Waals surface area contributed by atoms with E-state index < -0.39 is 0 Å². The van der Waals surface area contributed by atoms with Gasteiger partial charge in [0.2, 0.25) is 0 Å². The average molecular weight is 468 g/mol. The summed E-state index contributed by atoms with van der Waals surface area (Å²) < 4.78 is 2.07. The SMILES string of the molecule is CCCCN1C(=O)C(=Cc2c(Sc3ccccc3)nc3ccc(C)cn3c2=O)SC1=S. The lowest BCUT2D eigenvalue weighted by Gasteiger charge is -2.13. The number of benzene rings is 1. The lowest BCUT2D eigenvalue weighted by Crippen LogP contribution is -2.29. The summed E-state index contributed by atoms with van der Waals surface area (Å²) in [6.45, 7) is 4.60. The van der Waals surface area contributed by atoms with Crippen LogP contribution in [0.2, 0.25) is 0 Å². The van der Waals surface area contributed by atoms with Crippen molar-refractivity contribution in [2.75, 3.05) is 6.54 Å². The molecule has 0 radical (unpaired) electrons. The van der Waals surface area contributed by atoms with Crippen LogP contribution >= 0.6 is 35.7 Å². The zero-order valence-electron chi connectivity index (χ0n) is 17.2. The minimum absolute atomic E-state index is 0.146. The van der Waals surface area contributed by atoms with E-state index in [1.807, 2.05) is 49.4 Å². The Morgan fingerprint density at radius 2 is 1.94 bits per heavy atom. The van der Waals surface area contributed by atoms with Gasteiger partial charge >= 0.3 is 0 Å². The molecule has 0 atom stereocenters. The molecule has 4 rings (SSSR count). The van der Waals surface area contributed by atoms with Gasteiger partial charge in [0.05, 0.1) is 10.5 Å². The van der Waals surface area contributed by atoms with Crippen LogP contribution in [-0.4, -0.2) is 31.1 Å². The first-order valence-electron chi connectivity index (χ1n) is 9.99. The molecule has 1 amide bonds. The average Bonchev–Trinajstić information content (AvgIpc) is 3.03. The van der Waals surface area contributed by atoms with Crippen LogP contribution in [0.15, 0.2) is 68.3 Å². The van der Waals surface area contributed by atoms with Gasteiger partial charge in [0.1, 0.15) is 15.0 Å². The maximum atomic E-state index is 13.4. The molecule has 0 unspecified atom stereocenters. The van der Waals surface area contributed by atoms with Crippen LogP contribution in [0, 0.1) is 6.92 Å². The van der Waals surface area contributed by atoms with Crippen molar-refractivity contribution in [2.24, 2.45) is 0 Å². The number of fused-ring (bicyclic) bond motifs is 1. The number of nitrogens with zero attached hydrogens (tertiary/aromatic N) is 3. The third-order valence-electron chi connectivity index (χ3n) is 4.81. The third-order valence-corrected chi connectivity index (χ3v) is 7.20. The number of hydrogen-bond acceptors (Lipinski definition) is 6. The van der Waals surface area contributed by atoms with Crippen molar-refractivity contribution in [3.05, 3.63) is 75.0 Å². The number of amides is 1. The maximum Gasteiger partial charge on any atom is 0.266 e. The van der Waals surface area contributed by atoms with E-state index in [9.17, 15) is 9.59 Å². The van der Waals surface area contributed by atoms with Crippen molar-refractivity contribution in [3.8, 4) is 0 Å². The molecule has 2 aromatic heterocycles. The number of aryl methyl sites for hydroxylation is 1. The highest BCUT2D eigenvalue weighted by atomic mass is 32.2. The van der Waals surface area contributed by atoms with Gasteiger partial charge < -0.3 is 0 Å². The quantitative estimate of drug-likeness (QED) is 0.284. The van der Waals surface area contributed by atoms with Crippen LogP contribution in [-0.2, 0) is 4.79 Å². The zero-order valence-corrected chi connectivity index (χ0v) is 19.6. The molecule has 0 saturated carbocycles. The topological polar surface area (TPSA) is 54.7 Å². The molecule has 3 aromatic rings. The maximum absolute atomic E-state index is 13.4. The molecule has 8 heteroatoms. The van der Waals surface area contributed by atoms with Crippen LogP contribution in [0.5, 0.6) is 0 Å². The van der Waals surface area contributed by atoms with Crippen molar-refractivity contribution < 1.29 is 4.79 Å². The fourth-order valence-corrected chi connectivity index (χ4v) is 5.38. The predicted molar refractivity (Wildman–Crippen MR) is 132 cm³/mol. The molecule has 1 aliphatic heterocycles. The minimum Gasteiger partial charge on any atom is -0.293 e. The first-order valence-corrected chi connectivity index (χ1v) is 12.0. The molecule has 0 N–H and O–H groups in total. The Hall–Kier alpha value is -2.42. The number of carbonyl (C=O) groups excluding carboxylic acids is 1. The van der Waals surface area contributed by atoms with Gasteiger partial charge in [-0.05, 0) is 43.2 Å². The van der Waals surface area contributed by atoms with E-state index in [1.54, 1.807) is 17.2 Å². The molecule has 5 nitrogen and oxygen atoms in total. The second-order valence-corrected chi connectivity index (χ2v) is 9.91. The molecular formula is C23H21N3O2S3. The summed E-state index contributed by atoms with van der Waals surface area (Å²) in [5, 5.41) is 0.568. The van der Waals surface area contributed by atoms with Crippen LogP contribution in [0.3, 0.4) is 0 Å². The Morgan fingerprint density at radius 3 is 2.68 bits per heavy atom. The third kappa shape index (κ3) is 4.61. The van der Waals surface area contributed by atoms with E-state index in [0.717, 1.165) is 23.3 Å². The van der Waals surface area contributed by atoms with Gasteiger partial charge in [0.15, 0.2) is 0 Å². The summed E-state index contributed by atoms with van der Waals surface area (Å²) in [7, 11) is 0. The van der Waals surface area contributed by atoms with Crippen LogP contribution in [0.1, 0.15) is 30.9 Å². The molecule has 1 aliphatic rings. The fraction of sp³-hybridized carbons (Fsp3) is 0.217. The van der Waals surface area contributed by atoms with E-state index in [-0.39, 0.29) is 11.5 Å². The van der Waals surface area contributed by atoms with Crippen molar-refractivity contribution in [2.45, 2.75) is 36.6 Å². The number of rotatable bonds is 6. The summed E-state index contributed by atoms with van der Waals surface area (Å²) in [5.41, 5.74) is 1.72. The van der Waals surface area contributed by atoms with Gasteiger partial charge in [-0.2, -0.15) is 0 Å². The predicted octanol–water partition coefficient (Wildman–Crippen LogP) is 5.16. The monoisotopic (exact) mass is 467 g/mol. The summed E-state index contributed by atoms with van der Waals surface area (Å²) in [6, 6.07) is 13.5. The van der Waals surface area contributed by atoms with Crippen molar-refractivity contribution >= 4 is 57.7 Å². The highest BCUT2D eigenvalue weighted by Crippen LogP contribution is 2.35. The molecule has 0 aliphatic carbocycles. The lowest BCUT2D eigenvalue weighted by atomic mass is 10.2. The van der Waals surface area contributed by atoms with Crippen LogP contribution in [0.4, 0.5) is 0 Å². The Bertz CT molecular complexity index is 1250. The second kappa shape index (κ2) is 9.38. The number of thiocarbonyl (C=S) groups is 1. The van der Waals surface area contributed by atoms with Crippen molar-refractivity contribution in [1.29, 1.82) is 0 Å². The molecular weight excluding hydrogens is 446 g/mol. The lowest BCUT2D eigenvalue weighted by molar-refractivity contribution is -0.122. The van der Waals surface area contributed by atoms with Gasteiger partial charge in [0.25, 0.3) is 11.5 Å². The number of thioether (sulfide) groups is 1. The molecule has 158 valence electrons. The molecule has 1 saturated heterocycles. The Morgan fingerprint density at radius 1 is 1.16 bits per heavy atom. The number of unbranched alkanes of at least 4 members (excludes halogenated alkanes) is 1. The largest absolute Gasteiger partial charge is 0.293 e. The van der Waals surface area contributed by atoms with Crippen molar-refractivity contribution in [3.63, 3.8) is 0 Å². The smallest absolute Gasteiger partial charge is 0.266 e. The molecule has 1 aromatic carbocycles. The highest BCUT2D eigenvalue weighted by molar-refractivity contribution is 8.26. The van der Waals surface area contributed by atoms with E-state index in [0.29, 0.717) is 32.0 Å². The van der Waals surface area contributed by atoms with Gasteiger partial charge in [0, 0.05) is 17.6 Å². The summed E-state index contributed by atoms with van der Waals surface area (Å²) in [6.07, 6.45) is 5.28. The number of aromatic nitrogens is 2. The minimum atomic E-state index is -0.203. The Kier molecular flexibility index (Phi) is 6.60. The van der Waals surface area contributed by atoms with Crippen LogP contribution < -0.4 is 5.56 Å². The summed E-state index contributed by atoms with van der Waals surface area (Å²) in [5.74, 6) is -0.146. The van der Waals surface area contributed by atoms with E-state index in [1.165, 1.54) is 27.9 Å².